The summed E-state index contributed by atoms with van der Waals surface area (Å²) in [6, 6.07) is 6.62. The van der Waals surface area contributed by atoms with Gasteiger partial charge in [0.05, 0.1) is 0 Å². The number of aliphatic carboxylic acids is 1. The minimum absolute atomic E-state index is 0.0965. The average molecular weight is 209 g/mol. The fourth-order valence-electron chi connectivity index (χ4n) is 1.35. The van der Waals surface area contributed by atoms with E-state index in [1.807, 2.05) is 0 Å². The molecule has 0 aliphatic heterocycles. The van der Waals surface area contributed by atoms with Crippen molar-refractivity contribution < 1.29 is 15.0 Å². The van der Waals surface area contributed by atoms with Gasteiger partial charge in [0.15, 0.2) is 0 Å². The van der Waals surface area contributed by atoms with Gasteiger partial charge in [-0.05, 0) is 30.5 Å². The molecular formula is C11H15NO3. The van der Waals surface area contributed by atoms with Crippen molar-refractivity contribution in [3.8, 4) is 5.75 Å². The van der Waals surface area contributed by atoms with Crippen LogP contribution in [0.1, 0.15) is 18.4 Å². The molecular weight excluding hydrogens is 194 g/mol. The van der Waals surface area contributed by atoms with E-state index in [4.69, 9.17) is 15.9 Å². The van der Waals surface area contributed by atoms with Crippen LogP contribution in [0.15, 0.2) is 24.3 Å². The van der Waals surface area contributed by atoms with Gasteiger partial charge < -0.3 is 15.9 Å². The SMILES string of the molecule is N[C@H](CCC(=O)O)Cc1ccc(O)cc1. The van der Waals surface area contributed by atoms with Gasteiger partial charge in [-0.3, -0.25) is 4.79 Å². The number of aromatic hydroxyl groups is 1. The first-order valence-corrected chi connectivity index (χ1v) is 4.83. The third-order valence-corrected chi connectivity index (χ3v) is 2.16. The molecule has 0 heterocycles. The van der Waals surface area contributed by atoms with Gasteiger partial charge in [-0.1, -0.05) is 12.1 Å². The fourth-order valence-corrected chi connectivity index (χ4v) is 1.35. The Labute approximate surface area is 88.3 Å². The molecule has 1 aromatic carbocycles. The maximum absolute atomic E-state index is 10.3. The zero-order valence-electron chi connectivity index (χ0n) is 8.39. The van der Waals surface area contributed by atoms with E-state index < -0.39 is 5.97 Å². The van der Waals surface area contributed by atoms with E-state index in [0.717, 1.165) is 5.56 Å². The van der Waals surface area contributed by atoms with Crippen LogP contribution >= 0.6 is 0 Å². The van der Waals surface area contributed by atoms with Crippen molar-refractivity contribution in [2.45, 2.75) is 25.3 Å². The molecule has 0 aliphatic carbocycles. The minimum atomic E-state index is -0.823. The van der Waals surface area contributed by atoms with Crippen molar-refractivity contribution in [1.82, 2.24) is 0 Å². The lowest BCUT2D eigenvalue weighted by Crippen LogP contribution is -2.23. The Morgan fingerprint density at radius 3 is 2.47 bits per heavy atom. The fraction of sp³-hybridized carbons (Fsp3) is 0.364. The second-order valence-corrected chi connectivity index (χ2v) is 3.56. The smallest absolute Gasteiger partial charge is 0.303 e. The maximum atomic E-state index is 10.3. The molecule has 0 bridgehead atoms. The molecule has 0 spiro atoms. The number of carbonyl (C=O) groups is 1. The summed E-state index contributed by atoms with van der Waals surface area (Å²) in [5, 5.41) is 17.5. The first-order chi connectivity index (χ1) is 7.08. The predicted molar refractivity (Wildman–Crippen MR) is 56.7 cm³/mol. The second-order valence-electron chi connectivity index (χ2n) is 3.56. The molecule has 0 fully saturated rings. The molecule has 4 heteroatoms. The van der Waals surface area contributed by atoms with Gasteiger partial charge in [-0.15, -0.1) is 0 Å². The highest BCUT2D eigenvalue weighted by atomic mass is 16.4. The molecule has 1 aromatic rings. The van der Waals surface area contributed by atoms with Crippen LogP contribution in [0.4, 0.5) is 0 Å². The number of carboxylic acid groups (broad SMARTS) is 1. The number of carboxylic acids is 1. The lowest BCUT2D eigenvalue weighted by Gasteiger charge is -2.09. The van der Waals surface area contributed by atoms with Crippen LogP contribution in [0, 0.1) is 0 Å². The van der Waals surface area contributed by atoms with Crippen molar-refractivity contribution >= 4 is 5.97 Å². The predicted octanol–water partition coefficient (Wildman–Crippen LogP) is 1.13. The summed E-state index contributed by atoms with van der Waals surface area (Å²) >= 11 is 0. The van der Waals surface area contributed by atoms with Gasteiger partial charge in [0.25, 0.3) is 0 Å². The zero-order valence-corrected chi connectivity index (χ0v) is 8.39. The summed E-state index contributed by atoms with van der Waals surface area (Å²) in [6.07, 6.45) is 1.20. The summed E-state index contributed by atoms with van der Waals surface area (Å²) in [5.41, 5.74) is 6.77. The van der Waals surface area contributed by atoms with Crippen molar-refractivity contribution in [2.24, 2.45) is 5.73 Å². The molecule has 4 N–H and O–H groups in total. The molecule has 0 saturated heterocycles. The standard InChI is InChI=1S/C11H15NO3/c12-9(3-6-11(14)15)7-8-1-4-10(13)5-2-8/h1-2,4-5,9,13H,3,6-7,12H2,(H,14,15)/t9-/m1/s1. The van der Waals surface area contributed by atoms with Gasteiger partial charge in [0.1, 0.15) is 5.75 Å². The van der Waals surface area contributed by atoms with Gasteiger partial charge in [0.2, 0.25) is 0 Å². The zero-order chi connectivity index (χ0) is 11.3. The molecule has 82 valence electrons. The quantitative estimate of drug-likeness (QED) is 0.678. The highest BCUT2D eigenvalue weighted by Crippen LogP contribution is 2.12. The maximum Gasteiger partial charge on any atom is 0.303 e. The van der Waals surface area contributed by atoms with Crippen molar-refractivity contribution in [1.29, 1.82) is 0 Å². The molecule has 0 aromatic heterocycles. The molecule has 1 rings (SSSR count). The molecule has 1 atom stereocenters. The number of nitrogens with two attached hydrogens (primary N) is 1. The van der Waals surface area contributed by atoms with Gasteiger partial charge in [-0.2, -0.15) is 0 Å². The van der Waals surface area contributed by atoms with Gasteiger partial charge in [0, 0.05) is 12.5 Å². The van der Waals surface area contributed by atoms with Crippen LogP contribution in [-0.4, -0.2) is 22.2 Å². The number of rotatable bonds is 5. The third-order valence-electron chi connectivity index (χ3n) is 2.16. The summed E-state index contributed by atoms with van der Waals surface area (Å²) in [5.74, 6) is -0.603. The number of benzene rings is 1. The summed E-state index contributed by atoms with van der Waals surface area (Å²) in [4.78, 5) is 10.3. The third kappa shape index (κ3) is 4.46. The Hall–Kier alpha value is -1.55. The second kappa shape index (κ2) is 5.36. The normalized spacial score (nSPS) is 12.3. The largest absolute Gasteiger partial charge is 0.508 e. The first kappa shape index (κ1) is 11.5. The summed E-state index contributed by atoms with van der Waals surface area (Å²) in [7, 11) is 0. The molecule has 0 radical (unpaired) electrons. The highest BCUT2D eigenvalue weighted by molar-refractivity contribution is 5.66. The van der Waals surface area contributed by atoms with E-state index in [1.54, 1.807) is 24.3 Å². The van der Waals surface area contributed by atoms with Crippen LogP contribution in [0.25, 0.3) is 0 Å². The summed E-state index contributed by atoms with van der Waals surface area (Å²) in [6.45, 7) is 0. The van der Waals surface area contributed by atoms with Crippen LogP contribution in [0.2, 0.25) is 0 Å². The molecule has 0 unspecified atom stereocenters. The van der Waals surface area contributed by atoms with Crippen molar-refractivity contribution in [2.75, 3.05) is 0 Å². The van der Waals surface area contributed by atoms with Crippen LogP contribution < -0.4 is 5.73 Å². The van der Waals surface area contributed by atoms with E-state index in [1.165, 1.54) is 0 Å². The van der Waals surface area contributed by atoms with Crippen LogP contribution in [-0.2, 0) is 11.2 Å². The number of phenols is 1. The van der Waals surface area contributed by atoms with E-state index >= 15 is 0 Å². The van der Waals surface area contributed by atoms with Crippen LogP contribution in [0.3, 0.4) is 0 Å². The topological polar surface area (TPSA) is 83.6 Å². The lowest BCUT2D eigenvalue weighted by atomic mass is 10.0. The van der Waals surface area contributed by atoms with E-state index in [9.17, 15) is 4.79 Å². The number of hydrogen-bond acceptors (Lipinski definition) is 3. The van der Waals surface area contributed by atoms with Crippen molar-refractivity contribution in [3.05, 3.63) is 29.8 Å². The molecule has 15 heavy (non-hydrogen) atoms. The first-order valence-electron chi connectivity index (χ1n) is 4.83. The molecule has 0 amide bonds. The lowest BCUT2D eigenvalue weighted by molar-refractivity contribution is -0.137. The molecule has 0 saturated carbocycles. The molecule has 4 nitrogen and oxygen atoms in total. The molecule has 0 aliphatic rings. The van der Waals surface area contributed by atoms with Gasteiger partial charge in [-0.25, -0.2) is 0 Å². The van der Waals surface area contributed by atoms with E-state index in [0.29, 0.717) is 12.8 Å². The Bertz CT molecular complexity index is 321. The monoisotopic (exact) mass is 209 g/mol. The number of phenolic OH excluding ortho intramolecular Hbond substituents is 1. The Morgan fingerprint density at radius 1 is 1.33 bits per heavy atom. The average Bonchev–Trinajstić information content (AvgIpc) is 2.19. The minimum Gasteiger partial charge on any atom is -0.508 e. The highest BCUT2D eigenvalue weighted by Gasteiger charge is 2.06. The van der Waals surface area contributed by atoms with Gasteiger partial charge >= 0.3 is 5.97 Å². The van der Waals surface area contributed by atoms with Crippen molar-refractivity contribution in [3.63, 3.8) is 0 Å². The Morgan fingerprint density at radius 2 is 1.93 bits per heavy atom. The van der Waals surface area contributed by atoms with Crippen LogP contribution in [0.5, 0.6) is 5.75 Å². The Balaban J connectivity index is 2.40. The summed E-state index contributed by atoms with van der Waals surface area (Å²) < 4.78 is 0. The van der Waals surface area contributed by atoms with E-state index in [2.05, 4.69) is 0 Å². The van der Waals surface area contributed by atoms with E-state index in [-0.39, 0.29) is 18.2 Å². The number of hydrogen-bond donors (Lipinski definition) is 3. The Kier molecular flexibility index (Phi) is 4.12.